The largest absolute Gasteiger partial charge is 0.358 e. The summed E-state index contributed by atoms with van der Waals surface area (Å²) in [6, 6.07) is -0.685. The van der Waals surface area contributed by atoms with Crippen molar-refractivity contribution in [1.29, 1.82) is 0 Å². The third-order valence-corrected chi connectivity index (χ3v) is 2.53. The van der Waals surface area contributed by atoms with Crippen LogP contribution in [0.1, 0.15) is 6.42 Å². The summed E-state index contributed by atoms with van der Waals surface area (Å²) < 4.78 is 10.8. The highest BCUT2D eigenvalue weighted by Gasteiger charge is 2.16. The minimum atomic E-state index is -3.03. The monoisotopic (exact) mass is 194 g/mol. The first-order valence-corrected chi connectivity index (χ1v) is 5.92. The number of carbonyl (C=O) groups is 1. The number of nitrogens with two attached hydrogens (primary N) is 1. The van der Waals surface area contributed by atoms with Gasteiger partial charge in [0.25, 0.3) is 0 Å². The fourth-order valence-electron chi connectivity index (χ4n) is 0.695. The van der Waals surface area contributed by atoms with Gasteiger partial charge in [-0.15, -0.1) is 0 Å². The maximum atomic E-state index is 10.8. The van der Waals surface area contributed by atoms with E-state index in [-0.39, 0.29) is 18.5 Å². The molecule has 0 rings (SSSR count). The van der Waals surface area contributed by atoms with Crippen molar-refractivity contribution < 1.29 is 14.3 Å². The topological polar surface area (TPSA) is 92.4 Å². The molecule has 6 heteroatoms. The molecule has 0 aromatic rings. The molecule has 5 nitrogen and oxygen atoms in total. The van der Waals surface area contributed by atoms with Crippen molar-refractivity contribution in [2.75, 3.05) is 19.9 Å². The SMILES string of the molecule is CNC(=O)C(N)CCP(C)(=O)O. The second kappa shape index (κ2) is 4.60. The molecule has 1 amide bonds. The molecule has 0 saturated carbocycles. The first kappa shape index (κ1) is 11.6. The first-order valence-electron chi connectivity index (χ1n) is 3.63. The van der Waals surface area contributed by atoms with Crippen molar-refractivity contribution in [2.24, 2.45) is 5.73 Å². The summed E-state index contributed by atoms with van der Waals surface area (Å²) >= 11 is 0. The minimum Gasteiger partial charge on any atom is -0.358 e. The zero-order valence-corrected chi connectivity index (χ0v) is 8.17. The smallest absolute Gasteiger partial charge is 0.236 e. The molecule has 0 aliphatic rings. The van der Waals surface area contributed by atoms with E-state index in [0.717, 1.165) is 0 Å². The summed E-state index contributed by atoms with van der Waals surface area (Å²) in [6.45, 7) is 1.25. The lowest BCUT2D eigenvalue weighted by Crippen LogP contribution is -2.39. The number of likely N-dealkylation sites (N-methyl/N-ethyl adjacent to an activating group) is 1. The minimum absolute atomic E-state index is 0.0849. The Kier molecular flexibility index (Phi) is 4.45. The molecule has 0 aliphatic heterocycles. The maximum absolute atomic E-state index is 10.8. The Morgan fingerprint density at radius 2 is 2.25 bits per heavy atom. The summed E-state index contributed by atoms with van der Waals surface area (Å²) in [4.78, 5) is 19.7. The lowest BCUT2D eigenvalue weighted by atomic mass is 10.2. The van der Waals surface area contributed by atoms with Crippen LogP contribution >= 0.6 is 7.37 Å². The second-order valence-corrected chi connectivity index (χ2v) is 5.33. The molecule has 0 radical (unpaired) electrons. The molecule has 72 valence electrons. The van der Waals surface area contributed by atoms with Gasteiger partial charge in [-0.05, 0) is 6.42 Å². The third kappa shape index (κ3) is 5.29. The van der Waals surface area contributed by atoms with Crippen LogP contribution in [0.2, 0.25) is 0 Å². The molecule has 2 unspecified atom stereocenters. The zero-order valence-electron chi connectivity index (χ0n) is 7.28. The Morgan fingerprint density at radius 1 is 1.75 bits per heavy atom. The second-order valence-electron chi connectivity index (χ2n) is 2.78. The van der Waals surface area contributed by atoms with Gasteiger partial charge in [-0.25, -0.2) is 0 Å². The fraction of sp³-hybridized carbons (Fsp3) is 0.833. The predicted octanol–water partition coefficient (Wildman–Crippen LogP) is -0.650. The third-order valence-electron chi connectivity index (χ3n) is 1.44. The maximum Gasteiger partial charge on any atom is 0.236 e. The van der Waals surface area contributed by atoms with E-state index in [2.05, 4.69) is 5.32 Å². The van der Waals surface area contributed by atoms with E-state index >= 15 is 0 Å². The number of hydrogen-bond donors (Lipinski definition) is 3. The molecule has 12 heavy (non-hydrogen) atoms. The van der Waals surface area contributed by atoms with Gasteiger partial charge < -0.3 is 15.9 Å². The van der Waals surface area contributed by atoms with E-state index in [1.165, 1.54) is 13.7 Å². The molecule has 0 heterocycles. The van der Waals surface area contributed by atoms with E-state index in [0.29, 0.717) is 0 Å². The van der Waals surface area contributed by atoms with E-state index < -0.39 is 13.4 Å². The van der Waals surface area contributed by atoms with E-state index in [9.17, 15) is 9.36 Å². The Morgan fingerprint density at radius 3 is 2.58 bits per heavy atom. The van der Waals surface area contributed by atoms with Crippen LogP contribution in [0.25, 0.3) is 0 Å². The van der Waals surface area contributed by atoms with Crippen molar-refractivity contribution in [3.05, 3.63) is 0 Å². The summed E-state index contributed by atoms with van der Waals surface area (Å²) in [5, 5.41) is 2.37. The molecule has 4 N–H and O–H groups in total. The highest BCUT2D eigenvalue weighted by Crippen LogP contribution is 2.35. The van der Waals surface area contributed by atoms with E-state index in [1.807, 2.05) is 0 Å². The number of nitrogens with one attached hydrogen (secondary N) is 1. The molecular weight excluding hydrogens is 179 g/mol. The van der Waals surface area contributed by atoms with Gasteiger partial charge in [0.2, 0.25) is 5.91 Å². The number of hydrogen-bond acceptors (Lipinski definition) is 3. The average molecular weight is 194 g/mol. The highest BCUT2D eigenvalue weighted by atomic mass is 31.2. The van der Waals surface area contributed by atoms with Crippen LogP contribution in [-0.2, 0) is 9.36 Å². The summed E-state index contributed by atoms with van der Waals surface area (Å²) in [5.74, 6) is -0.302. The number of amides is 1. The Bertz CT molecular complexity index is 201. The van der Waals surface area contributed by atoms with Crippen LogP contribution in [0.15, 0.2) is 0 Å². The van der Waals surface area contributed by atoms with Gasteiger partial charge >= 0.3 is 0 Å². The van der Waals surface area contributed by atoms with Crippen LogP contribution in [0.4, 0.5) is 0 Å². The normalized spacial score (nSPS) is 18.0. The van der Waals surface area contributed by atoms with Crippen LogP contribution < -0.4 is 11.1 Å². The van der Waals surface area contributed by atoms with Crippen molar-refractivity contribution in [1.82, 2.24) is 5.32 Å². The Hall–Kier alpha value is -0.380. The highest BCUT2D eigenvalue weighted by molar-refractivity contribution is 7.57. The standard InChI is InChI=1S/C6H15N2O3P/c1-8-6(9)5(7)3-4-12(2,10)11/h5H,3-4,7H2,1-2H3,(H,8,9)(H,10,11). The Balaban J connectivity index is 3.79. The lowest BCUT2D eigenvalue weighted by Gasteiger charge is -2.10. The van der Waals surface area contributed by atoms with Crippen molar-refractivity contribution in [3.63, 3.8) is 0 Å². The van der Waals surface area contributed by atoms with Gasteiger partial charge in [0.1, 0.15) is 0 Å². The Labute approximate surface area is 71.8 Å². The molecule has 0 saturated heterocycles. The zero-order chi connectivity index (χ0) is 9.78. The van der Waals surface area contributed by atoms with E-state index in [1.54, 1.807) is 0 Å². The van der Waals surface area contributed by atoms with Gasteiger partial charge in [0, 0.05) is 19.9 Å². The van der Waals surface area contributed by atoms with Gasteiger partial charge in [-0.1, -0.05) is 0 Å². The van der Waals surface area contributed by atoms with Gasteiger partial charge in [0.05, 0.1) is 6.04 Å². The number of carbonyl (C=O) groups excluding carboxylic acids is 1. The summed E-state index contributed by atoms with van der Waals surface area (Å²) in [6.07, 6.45) is 0.325. The molecule has 0 spiro atoms. The summed E-state index contributed by atoms with van der Waals surface area (Å²) in [7, 11) is -1.55. The molecule has 0 aromatic heterocycles. The van der Waals surface area contributed by atoms with Crippen LogP contribution in [0.5, 0.6) is 0 Å². The first-order chi connectivity index (χ1) is 5.37. The van der Waals surface area contributed by atoms with Crippen LogP contribution in [0.3, 0.4) is 0 Å². The van der Waals surface area contributed by atoms with Crippen molar-refractivity contribution >= 4 is 13.3 Å². The van der Waals surface area contributed by atoms with Gasteiger partial charge in [-0.2, -0.15) is 0 Å². The van der Waals surface area contributed by atoms with E-state index in [4.69, 9.17) is 10.6 Å². The lowest BCUT2D eigenvalue weighted by molar-refractivity contribution is -0.121. The summed E-state index contributed by atoms with van der Waals surface area (Å²) in [5.41, 5.74) is 5.39. The van der Waals surface area contributed by atoms with Gasteiger partial charge in [0.15, 0.2) is 7.37 Å². The quantitative estimate of drug-likeness (QED) is 0.518. The van der Waals surface area contributed by atoms with Gasteiger partial charge in [-0.3, -0.25) is 9.36 Å². The molecule has 0 aromatic carbocycles. The van der Waals surface area contributed by atoms with Crippen LogP contribution in [0, 0.1) is 0 Å². The fourth-order valence-corrected chi connectivity index (χ4v) is 1.45. The molecule has 0 aliphatic carbocycles. The molecule has 2 atom stereocenters. The average Bonchev–Trinajstić information content (AvgIpc) is 1.97. The van der Waals surface area contributed by atoms with Crippen molar-refractivity contribution in [2.45, 2.75) is 12.5 Å². The molecular formula is C6H15N2O3P. The van der Waals surface area contributed by atoms with Crippen LogP contribution in [-0.4, -0.2) is 36.7 Å². The molecule has 0 bridgehead atoms. The molecule has 0 fully saturated rings. The number of rotatable bonds is 4. The predicted molar refractivity (Wildman–Crippen MR) is 47.3 cm³/mol. The van der Waals surface area contributed by atoms with Crippen molar-refractivity contribution in [3.8, 4) is 0 Å².